The Labute approximate surface area is 112 Å². The molecule has 0 saturated heterocycles. The number of hydrogen-bond donors (Lipinski definition) is 1. The summed E-state index contributed by atoms with van der Waals surface area (Å²) >= 11 is 1.15. The first kappa shape index (κ1) is 13.5. The SMILES string of the molecule is CCOC(=O)c1csc(N)c1-c1ccc(F)c(F)c1. The third kappa shape index (κ3) is 2.58. The van der Waals surface area contributed by atoms with Crippen LogP contribution in [0.5, 0.6) is 0 Å². The molecule has 0 saturated carbocycles. The van der Waals surface area contributed by atoms with Crippen molar-refractivity contribution < 1.29 is 18.3 Å². The molecule has 0 spiro atoms. The Balaban J connectivity index is 2.52. The van der Waals surface area contributed by atoms with Crippen LogP contribution in [0.15, 0.2) is 23.6 Å². The second kappa shape index (κ2) is 5.36. The second-order valence-corrected chi connectivity index (χ2v) is 4.65. The van der Waals surface area contributed by atoms with E-state index in [0.717, 1.165) is 23.5 Å². The molecule has 19 heavy (non-hydrogen) atoms. The van der Waals surface area contributed by atoms with E-state index in [9.17, 15) is 13.6 Å². The summed E-state index contributed by atoms with van der Waals surface area (Å²) in [7, 11) is 0. The largest absolute Gasteiger partial charge is 0.462 e. The van der Waals surface area contributed by atoms with Crippen LogP contribution >= 0.6 is 11.3 Å². The maximum absolute atomic E-state index is 13.3. The fourth-order valence-electron chi connectivity index (χ4n) is 1.68. The summed E-state index contributed by atoms with van der Waals surface area (Å²) in [6.45, 7) is 1.91. The van der Waals surface area contributed by atoms with Gasteiger partial charge in [0.2, 0.25) is 0 Å². The second-order valence-electron chi connectivity index (χ2n) is 3.74. The quantitative estimate of drug-likeness (QED) is 0.878. The van der Waals surface area contributed by atoms with Gasteiger partial charge in [0.05, 0.1) is 17.2 Å². The van der Waals surface area contributed by atoms with Gasteiger partial charge in [-0.05, 0) is 24.6 Å². The molecule has 1 aromatic heterocycles. The molecule has 0 aliphatic carbocycles. The van der Waals surface area contributed by atoms with Gasteiger partial charge < -0.3 is 10.5 Å². The molecule has 2 aromatic rings. The number of rotatable bonds is 3. The van der Waals surface area contributed by atoms with Gasteiger partial charge >= 0.3 is 5.97 Å². The van der Waals surface area contributed by atoms with Crippen LogP contribution in [-0.4, -0.2) is 12.6 Å². The van der Waals surface area contributed by atoms with E-state index in [-0.39, 0.29) is 12.2 Å². The fourth-order valence-corrected chi connectivity index (χ4v) is 2.49. The minimum atomic E-state index is -0.988. The first-order valence-corrected chi connectivity index (χ1v) is 6.42. The number of benzene rings is 1. The molecule has 0 aliphatic rings. The molecule has 1 aromatic carbocycles. The summed E-state index contributed by atoms with van der Waals surface area (Å²) in [6.07, 6.45) is 0. The molecule has 1 heterocycles. The Kier molecular flexibility index (Phi) is 3.80. The van der Waals surface area contributed by atoms with E-state index in [4.69, 9.17) is 10.5 Å². The molecular formula is C13H11F2NO2S. The van der Waals surface area contributed by atoms with Crippen molar-refractivity contribution >= 4 is 22.3 Å². The zero-order valence-corrected chi connectivity index (χ0v) is 10.9. The average Bonchev–Trinajstić information content (AvgIpc) is 2.75. The third-order valence-electron chi connectivity index (χ3n) is 2.52. The Hall–Kier alpha value is -1.95. The zero-order chi connectivity index (χ0) is 14.0. The van der Waals surface area contributed by atoms with Crippen LogP contribution in [0.2, 0.25) is 0 Å². The highest BCUT2D eigenvalue weighted by atomic mass is 32.1. The van der Waals surface area contributed by atoms with E-state index in [1.54, 1.807) is 12.3 Å². The van der Waals surface area contributed by atoms with Crippen molar-refractivity contribution in [2.75, 3.05) is 12.3 Å². The number of anilines is 1. The lowest BCUT2D eigenvalue weighted by Gasteiger charge is -2.06. The molecule has 0 amide bonds. The van der Waals surface area contributed by atoms with Gasteiger partial charge in [0.25, 0.3) is 0 Å². The van der Waals surface area contributed by atoms with Crippen LogP contribution in [0.3, 0.4) is 0 Å². The average molecular weight is 283 g/mol. The summed E-state index contributed by atoms with van der Waals surface area (Å²) in [5.74, 6) is -2.47. The van der Waals surface area contributed by atoms with Gasteiger partial charge in [0, 0.05) is 10.9 Å². The first-order valence-electron chi connectivity index (χ1n) is 5.54. The number of nitrogen functional groups attached to an aromatic ring is 1. The summed E-state index contributed by atoms with van der Waals surface area (Å²) < 4.78 is 31.1. The Morgan fingerprint density at radius 1 is 1.37 bits per heavy atom. The number of carbonyl (C=O) groups is 1. The molecule has 0 radical (unpaired) electrons. The number of thiophene rings is 1. The lowest BCUT2D eigenvalue weighted by Crippen LogP contribution is -2.05. The smallest absolute Gasteiger partial charge is 0.339 e. The number of carbonyl (C=O) groups excluding carboxylic acids is 1. The standard InChI is InChI=1S/C13H11F2NO2S/c1-2-18-13(17)8-6-19-12(16)11(8)7-3-4-9(14)10(15)5-7/h3-6H,2,16H2,1H3. The fraction of sp³-hybridized carbons (Fsp3) is 0.154. The van der Waals surface area contributed by atoms with Crippen molar-refractivity contribution in [1.82, 2.24) is 0 Å². The Bertz CT molecular complexity index is 625. The van der Waals surface area contributed by atoms with Crippen molar-refractivity contribution in [3.8, 4) is 11.1 Å². The topological polar surface area (TPSA) is 52.3 Å². The summed E-state index contributed by atoms with van der Waals surface area (Å²) in [6, 6.07) is 3.38. The molecule has 0 bridgehead atoms. The molecule has 2 N–H and O–H groups in total. The van der Waals surface area contributed by atoms with Crippen LogP contribution in [0.25, 0.3) is 11.1 Å². The molecule has 0 aliphatic heterocycles. The van der Waals surface area contributed by atoms with Crippen molar-refractivity contribution in [3.05, 3.63) is 40.8 Å². The van der Waals surface area contributed by atoms with E-state index < -0.39 is 17.6 Å². The van der Waals surface area contributed by atoms with Crippen LogP contribution in [0.1, 0.15) is 17.3 Å². The molecule has 100 valence electrons. The highest BCUT2D eigenvalue weighted by molar-refractivity contribution is 7.15. The molecule has 0 atom stereocenters. The van der Waals surface area contributed by atoms with Crippen LogP contribution in [-0.2, 0) is 4.74 Å². The van der Waals surface area contributed by atoms with E-state index in [1.807, 2.05) is 0 Å². The molecule has 6 heteroatoms. The Morgan fingerprint density at radius 2 is 2.11 bits per heavy atom. The van der Waals surface area contributed by atoms with Crippen molar-refractivity contribution in [2.45, 2.75) is 6.92 Å². The minimum absolute atomic E-state index is 0.228. The van der Waals surface area contributed by atoms with E-state index in [0.29, 0.717) is 16.1 Å². The number of nitrogens with two attached hydrogens (primary N) is 1. The van der Waals surface area contributed by atoms with Crippen molar-refractivity contribution in [1.29, 1.82) is 0 Å². The van der Waals surface area contributed by atoms with E-state index in [2.05, 4.69) is 0 Å². The normalized spacial score (nSPS) is 10.5. The van der Waals surface area contributed by atoms with Gasteiger partial charge in [0.15, 0.2) is 11.6 Å². The van der Waals surface area contributed by atoms with E-state index >= 15 is 0 Å². The zero-order valence-electron chi connectivity index (χ0n) is 10.1. The predicted molar refractivity (Wildman–Crippen MR) is 70.0 cm³/mol. The van der Waals surface area contributed by atoms with Gasteiger partial charge in [-0.1, -0.05) is 6.07 Å². The highest BCUT2D eigenvalue weighted by Crippen LogP contribution is 2.36. The third-order valence-corrected chi connectivity index (χ3v) is 3.33. The number of ether oxygens (including phenoxy) is 1. The summed E-state index contributed by atoms with van der Waals surface area (Å²) in [5, 5.41) is 1.90. The Morgan fingerprint density at radius 3 is 2.74 bits per heavy atom. The van der Waals surface area contributed by atoms with Gasteiger partial charge in [-0.3, -0.25) is 0 Å². The molecule has 3 nitrogen and oxygen atoms in total. The maximum atomic E-state index is 13.3. The minimum Gasteiger partial charge on any atom is -0.462 e. The van der Waals surface area contributed by atoms with Crippen LogP contribution in [0.4, 0.5) is 13.8 Å². The number of esters is 1. The lowest BCUT2D eigenvalue weighted by molar-refractivity contribution is 0.0528. The molecule has 0 fully saturated rings. The van der Waals surface area contributed by atoms with Gasteiger partial charge in [-0.25, -0.2) is 13.6 Å². The number of halogens is 2. The predicted octanol–water partition coefficient (Wildman–Crippen LogP) is 3.45. The van der Waals surface area contributed by atoms with Crippen LogP contribution < -0.4 is 5.73 Å². The van der Waals surface area contributed by atoms with E-state index in [1.165, 1.54) is 6.07 Å². The first-order chi connectivity index (χ1) is 9.04. The molecule has 0 unspecified atom stereocenters. The van der Waals surface area contributed by atoms with Gasteiger partial charge in [-0.15, -0.1) is 11.3 Å². The highest BCUT2D eigenvalue weighted by Gasteiger charge is 2.19. The lowest BCUT2D eigenvalue weighted by atomic mass is 10.0. The van der Waals surface area contributed by atoms with Crippen molar-refractivity contribution in [3.63, 3.8) is 0 Å². The summed E-state index contributed by atoms with van der Waals surface area (Å²) in [4.78, 5) is 11.8. The van der Waals surface area contributed by atoms with Gasteiger partial charge in [0.1, 0.15) is 0 Å². The molecule has 2 rings (SSSR count). The monoisotopic (exact) mass is 283 g/mol. The van der Waals surface area contributed by atoms with Gasteiger partial charge in [-0.2, -0.15) is 0 Å². The van der Waals surface area contributed by atoms with Crippen LogP contribution in [0, 0.1) is 11.6 Å². The number of hydrogen-bond acceptors (Lipinski definition) is 4. The summed E-state index contributed by atoms with van der Waals surface area (Å²) in [5.41, 5.74) is 6.77. The van der Waals surface area contributed by atoms with Crippen molar-refractivity contribution in [2.24, 2.45) is 0 Å². The molecular weight excluding hydrogens is 272 g/mol. The maximum Gasteiger partial charge on any atom is 0.339 e.